The van der Waals surface area contributed by atoms with E-state index < -0.39 is 35.0 Å². The number of hydrogen-bond acceptors (Lipinski definition) is 4. The normalized spacial score (nSPS) is 10.0. The van der Waals surface area contributed by atoms with Gasteiger partial charge in [-0.1, -0.05) is 0 Å². The van der Waals surface area contributed by atoms with Crippen LogP contribution in [0.3, 0.4) is 0 Å². The number of nitriles is 1. The fourth-order valence-corrected chi connectivity index (χ4v) is 0.970. The predicted molar refractivity (Wildman–Crippen MR) is 45.3 cm³/mol. The molecule has 0 unspecified atom stereocenters. The number of alkyl halides is 2. The summed E-state index contributed by atoms with van der Waals surface area (Å²) in [6.45, 7) is 0. The molecule has 1 aromatic rings. The van der Waals surface area contributed by atoms with Gasteiger partial charge in [0, 0.05) is 0 Å². The second-order valence-corrected chi connectivity index (χ2v) is 2.58. The quantitative estimate of drug-likeness (QED) is 0.767. The third-order valence-electron chi connectivity index (χ3n) is 1.65. The third kappa shape index (κ3) is 1.99. The van der Waals surface area contributed by atoms with Crippen LogP contribution in [-0.4, -0.2) is 16.1 Å². The Morgan fingerprint density at radius 2 is 2.27 bits per heavy atom. The molecule has 0 aromatic carbocycles. The van der Waals surface area contributed by atoms with Crippen molar-refractivity contribution in [2.45, 2.75) is 6.43 Å². The van der Waals surface area contributed by atoms with Gasteiger partial charge in [0.15, 0.2) is 5.69 Å². The number of carboxylic acids is 1. The molecule has 1 rings (SSSR count). The van der Waals surface area contributed by atoms with Crippen molar-refractivity contribution < 1.29 is 18.7 Å². The molecule has 15 heavy (non-hydrogen) atoms. The van der Waals surface area contributed by atoms with Crippen molar-refractivity contribution in [1.29, 1.82) is 5.26 Å². The van der Waals surface area contributed by atoms with Gasteiger partial charge < -0.3 is 10.8 Å². The molecule has 1 aromatic heterocycles. The lowest BCUT2D eigenvalue weighted by Gasteiger charge is -2.05. The van der Waals surface area contributed by atoms with Gasteiger partial charge in [-0.05, 0) is 6.07 Å². The Labute approximate surface area is 82.8 Å². The molecule has 0 aliphatic heterocycles. The second kappa shape index (κ2) is 3.88. The first kappa shape index (κ1) is 10.8. The highest BCUT2D eigenvalue weighted by atomic mass is 19.3. The Morgan fingerprint density at radius 3 is 2.67 bits per heavy atom. The summed E-state index contributed by atoms with van der Waals surface area (Å²) in [6.07, 6.45) is -2.97. The molecule has 3 N–H and O–H groups in total. The van der Waals surface area contributed by atoms with Crippen LogP contribution in [-0.2, 0) is 0 Å². The fraction of sp³-hybridized carbons (Fsp3) is 0.125. The Balaban J connectivity index is 3.45. The lowest BCUT2D eigenvalue weighted by molar-refractivity contribution is 0.0697. The maximum atomic E-state index is 12.4. The molecule has 78 valence electrons. The van der Waals surface area contributed by atoms with Crippen molar-refractivity contribution in [1.82, 2.24) is 4.98 Å². The highest BCUT2D eigenvalue weighted by molar-refractivity contribution is 5.92. The molecule has 0 fully saturated rings. The Kier molecular flexibility index (Phi) is 2.80. The maximum Gasteiger partial charge on any atom is 0.339 e. The number of carbonyl (C=O) groups is 1. The molecule has 5 nitrogen and oxygen atoms in total. The molecule has 0 amide bonds. The molecule has 0 saturated carbocycles. The molecule has 0 saturated heterocycles. The molecular formula is C8H5F2N3O2. The van der Waals surface area contributed by atoms with Crippen LogP contribution >= 0.6 is 0 Å². The van der Waals surface area contributed by atoms with Crippen LogP contribution in [0.1, 0.15) is 28.0 Å². The van der Waals surface area contributed by atoms with E-state index in [1.165, 1.54) is 6.07 Å². The van der Waals surface area contributed by atoms with Crippen molar-refractivity contribution in [3.8, 4) is 6.07 Å². The number of rotatable bonds is 2. The molecule has 0 atom stereocenters. The van der Waals surface area contributed by atoms with Crippen molar-refractivity contribution >= 4 is 11.8 Å². The summed E-state index contributed by atoms with van der Waals surface area (Å²) in [5.41, 5.74) is 3.35. The standard InChI is InChI=1S/C8H5F2N3O2/c9-6(10)3-1-4(8(14)15)7(12)13-5(3)2-11/h1,6H,(H2,12,13)(H,14,15). The molecule has 0 bridgehead atoms. The second-order valence-electron chi connectivity index (χ2n) is 2.58. The lowest BCUT2D eigenvalue weighted by Crippen LogP contribution is -2.08. The Morgan fingerprint density at radius 1 is 1.67 bits per heavy atom. The van der Waals surface area contributed by atoms with Gasteiger partial charge >= 0.3 is 5.97 Å². The number of anilines is 1. The van der Waals surface area contributed by atoms with Gasteiger partial charge in [0.1, 0.15) is 17.5 Å². The highest BCUT2D eigenvalue weighted by Gasteiger charge is 2.20. The lowest BCUT2D eigenvalue weighted by atomic mass is 10.1. The van der Waals surface area contributed by atoms with Crippen molar-refractivity contribution in [3.63, 3.8) is 0 Å². The molecule has 0 aliphatic rings. The summed E-state index contributed by atoms with van der Waals surface area (Å²) < 4.78 is 24.7. The number of carboxylic acid groups (broad SMARTS) is 1. The molecular weight excluding hydrogens is 208 g/mol. The topological polar surface area (TPSA) is 100 Å². The molecule has 7 heteroatoms. The highest BCUT2D eigenvalue weighted by Crippen LogP contribution is 2.24. The van der Waals surface area contributed by atoms with Crippen LogP contribution < -0.4 is 5.73 Å². The fourth-order valence-electron chi connectivity index (χ4n) is 0.970. The molecule has 1 heterocycles. The van der Waals surface area contributed by atoms with Crippen LogP contribution in [0, 0.1) is 11.3 Å². The summed E-state index contributed by atoms with van der Waals surface area (Å²) in [6, 6.07) is 2.08. The average molecular weight is 213 g/mol. The number of halogens is 2. The molecule has 0 radical (unpaired) electrons. The van der Waals surface area contributed by atoms with E-state index in [0.717, 1.165) is 0 Å². The summed E-state index contributed by atoms with van der Waals surface area (Å²) >= 11 is 0. The first-order valence-corrected chi connectivity index (χ1v) is 3.69. The van der Waals surface area contributed by atoms with Crippen molar-refractivity contribution in [2.75, 3.05) is 5.73 Å². The van der Waals surface area contributed by atoms with E-state index >= 15 is 0 Å². The van der Waals surface area contributed by atoms with Crippen LogP contribution in [0.2, 0.25) is 0 Å². The van der Waals surface area contributed by atoms with Crippen molar-refractivity contribution in [3.05, 3.63) is 22.9 Å². The minimum Gasteiger partial charge on any atom is -0.478 e. The van der Waals surface area contributed by atoms with E-state index in [1.54, 1.807) is 0 Å². The number of hydrogen-bond donors (Lipinski definition) is 2. The van der Waals surface area contributed by atoms with Gasteiger partial charge in [0.2, 0.25) is 0 Å². The van der Waals surface area contributed by atoms with Gasteiger partial charge in [0.05, 0.1) is 5.56 Å². The van der Waals surface area contributed by atoms with Gasteiger partial charge in [-0.2, -0.15) is 5.26 Å². The number of aromatic carboxylic acids is 1. The first-order chi connectivity index (χ1) is 6.97. The summed E-state index contributed by atoms with van der Waals surface area (Å²) in [4.78, 5) is 13.8. The van der Waals surface area contributed by atoms with Gasteiger partial charge in [-0.25, -0.2) is 18.6 Å². The molecule has 0 aliphatic carbocycles. The zero-order valence-corrected chi connectivity index (χ0v) is 7.24. The largest absolute Gasteiger partial charge is 0.478 e. The Bertz CT molecular complexity index is 454. The van der Waals surface area contributed by atoms with Gasteiger partial charge in [-0.15, -0.1) is 0 Å². The monoisotopic (exact) mass is 213 g/mol. The van der Waals surface area contributed by atoms with E-state index in [2.05, 4.69) is 4.98 Å². The first-order valence-electron chi connectivity index (χ1n) is 3.69. The van der Waals surface area contributed by atoms with E-state index in [0.29, 0.717) is 6.07 Å². The average Bonchev–Trinajstić information content (AvgIpc) is 2.16. The maximum absolute atomic E-state index is 12.4. The summed E-state index contributed by atoms with van der Waals surface area (Å²) in [5.74, 6) is -1.92. The zero-order valence-electron chi connectivity index (χ0n) is 7.24. The number of nitrogen functional groups attached to an aromatic ring is 1. The van der Waals surface area contributed by atoms with Crippen LogP contribution in [0.5, 0.6) is 0 Å². The van der Waals surface area contributed by atoms with Gasteiger partial charge in [-0.3, -0.25) is 0 Å². The van der Waals surface area contributed by atoms with E-state index in [1.807, 2.05) is 0 Å². The van der Waals surface area contributed by atoms with Gasteiger partial charge in [0.25, 0.3) is 6.43 Å². The Hall–Kier alpha value is -2.23. The number of aromatic nitrogens is 1. The van der Waals surface area contributed by atoms with E-state index in [-0.39, 0.29) is 0 Å². The number of nitrogens with zero attached hydrogens (tertiary/aromatic N) is 2. The summed E-state index contributed by atoms with van der Waals surface area (Å²) in [7, 11) is 0. The van der Waals surface area contributed by atoms with Crippen LogP contribution in [0.15, 0.2) is 6.07 Å². The predicted octanol–water partition coefficient (Wildman–Crippen LogP) is 1.17. The third-order valence-corrected chi connectivity index (χ3v) is 1.65. The minimum atomic E-state index is -2.97. The minimum absolute atomic E-state index is 0.455. The van der Waals surface area contributed by atoms with Crippen LogP contribution in [0.4, 0.5) is 14.6 Å². The SMILES string of the molecule is N#Cc1nc(N)c(C(=O)O)cc1C(F)F. The molecule has 0 spiro atoms. The van der Waals surface area contributed by atoms with E-state index in [9.17, 15) is 13.6 Å². The van der Waals surface area contributed by atoms with Crippen molar-refractivity contribution in [2.24, 2.45) is 0 Å². The number of nitrogens with two attached hydrogens (primary N) is 1. The zero-order chi connectivity index (χ0) is 11.6. The smallest absolute Gasteiger partial charge is 0.339 e. The van der Waals surface area contributed by atoms with Crippen LogP contribution in [0.25, 0.3) is 0 Å². The van der Waals surface area contributed by atoms with E-state index in [4.69, 9.17) is 16.1 Å². The number of pyridine rings is 1. The summed E-state index contributed by atoms with van der Waals surface area (Å²) in [5, 5.41) is 17.1.